The number of benzene rings is 2. The van der Waals surface area contributed by atoms with Crippen LogP contribution in [0.3, 0.4) is 0 Å². The van der Waals surface area contributed by atoms with Crippen LogP contribution in [0.2, 0.25) is 0 Å². The molecule has 0 radical (unpaired) electrons. The van der Waals surface area contributed by atoms with E-state index >= 15 is 0 Å². The Labute approximate surface area is 165 Å². The first-order valence-corrected chi connectivity index (χ1v) is 9.86. The first-order chi connectivity index (χ1) is 13.4. The topological polar surface area (TPSA) is 40.6 Å². The molecule has 0 aromatic heterocycles. The molecule has 1 fully saturated rings. The number of carbonyl (C=O) groups is 2. The molecule has 2 aromatic rings. The van der Waals surface area contributed by atoms with Gasteiger partial charge >= 0.3 is 0 Å². The predicted molar refractivity (Wildman–Crippen MR) is 101 cm³/mol. The lowest BCUT2D eigenvalue weighted by atomic mass is 10.1. The second-order valence-electron chi connectivity index (χ2n) is 6.31. The van der Waals surface area contributed by atoms with Crippen molar-refractivity contribution in [2.45, 2.75) is 12.3 Å². The Kier molecular flexibility index (Phi) is 6.28. The van der Waals surface area contributed by atoms with Gasteiger partial charge in [-0.2, -0.15) is 0 Å². The Morgan fingerprint density at radius 1 is 1.14 bits per heavy atom. The minimum Gasteiger partial charge on any atom is -0.337 e. The summed E-state index contributed by atoms with van der Waals surface area (Å²) in [5, 5.41) is -0.562. The Morgan fingerprint density at radius 3 is 2.46 bits per heavy atom. The molecule has 28 heavy (non-hydrogen) atoms. The molecule has 0 spiro atoms. The molecule has 3 rings (SSSR count). The Morgan fingerprint density at radius 2 is 1.82 bits per heavy atom. The molecule has 8 heteroatoms. The third kappa shape index (κ3) is 4.32. The van der Waals surface area contributed by atoms with Crippen LogP contribution in [0.5, 0.6) is 0 Å². The maximum atomic E-state index is 14.2. The molecule has 1 atom stereocenters. The van der Waals surface area contributed by atoms with E-state index in [4.69, 9.17) is 0 Å². The van der Waals surface area contributed by atoms with Crippen molar-refractivity contribution in [2.75, 3.05) is 25.4 Å². The van der Waals surface area contributed by atoms with Gasteiger partial charge in [-0.15, -0.1) is 11.8 Å². The fourth-order valence-corrected chi connectivity index (χ4v) is 4.30. The van der Waals surface area contributed by atoms with Gasteiger partial charge in [-0.3, -0.25) is 9.59 Å². The summed E-state index contributed by atoms with van der Waals surface area (Å²) in [6, 6.07) is 8.56. The maximum absolute atomic E-state index is 14.2. The summed E-state index contributed by atoms with van der Waals surface area (Å²) in [6.45, 7) is 2.67. The fraction of sp³-hybridized carbons (Fsp3) is 0.300. The number of carbonyl (C=O) groups excluding carboxylic acids is 2. The van der Waals surface area contributed by atoms with Gasteiger partial charge in [-0.05, 0) is 37.3 Å². The highest BCUT2D eigenvalue weighted by Crippen LogP contribution is 2.39. The maximum Gasteiger partial charge on any atom is 0.253 e. The van der Waals surface area contributed by atoms with Crippen LogP contribution < -0.4 is 0 Å². The largest absolute Gasteiger partial charge is 0.337 e. The molecule has 2 amide bonds. The van der Waals surface area contributed by atoms with Gasteiger partial charge in [0.1, 0.15) is 22.8 Å². The minimum absolute atomic E-state index is 0.163. The van der Waals surface area contributed by atoms with Crippen LogP contribution in [-0.2, 0) is 4.79 Å². The average Bonchev–Trinajstić information content (AvgIpc) is 3.03. The first kappa shape index (κ1) is 20.3. The smallest absolute Gasteiger partial charge is 0.253 e. The molecular weight excluding hydrogens is 389 g/mol. The van der Waals surface area contributed by atoms with Crippen LogP contribution >= 0.6 is 11.8 Å². The molecule has 1 aliphatic heterocycles. The average molecular weight is 408 g/mol. The molecular formula is C20H19F3N2O2S. The third-order valence-electron chi connectivity index (χ3n) is 4.57. The molecule has 0 N–H and O–H groups in total. The van der Waals surface area contributed by atoms with Crippen molar-refractivity contribution >= 4 is 23.6 Å². The van der Waals surface area contributed by atoms with Crippen molar-refractivity contribution in [2.24, 2.45) is 0 Å². The van der Waals surface area contributed by atoms with E-state index < -0.39 is 22.8 Å². The lowest BCUT2D eigenvalue weighted by Gasteiger charge is -2.28. The summed E-state index contributed by atoms with van der Waals surface area (Å²) in [7, 11) is 0. The monoisotopic (exact) mass is 408 g/mol. The van der Waals surface area contributed by atoms with Gasteiger partial charge in [0.15, 0.2) is 0 Å². The van der Waals surface area contributed by atoms with Crippen molar-refractivity contribution in [3.05, 3.63) is 71.0 Å². The zero-order valence-electron chi connectivity index (χ0n) is 15.2. The van der Waals surface area contributed by atoms with Crippen LogP contribution in [0.4, 0.5) is 13.2 Å². The number of thioether (sulfide) groups is 1. The summed E-state index contributed by atoms with van der Waals surface area (Å²) in [5.74, 6) is -2.05. The summed E-state index contributed by atoms with van der Waals surface area (Å²) >= 11 is 1.27. The second kappa shape index (κ2) is 8.68. The number of likely N-dealkylation sites (N-methyl/N-ethyl adjacent to an activating group) is 1. The van der Waals surface area contributed by atoms with Gasteiger partial charge in [0.25, 0.3) is 5.91 Å². The van der Waals surface area contributed by atoms with E-state index in [-0.39, 0.29) is 36.2 Å². The van der Waals surface area contributed by atoms with E-state index in [2.05, 4.69) is 0 Å². The fourth-order valence-electron chi connectivity index (χ4n) is 3.06. The number of amides is 2. The number of hydrogen-bond donors (Lipinski definition) is 0. The van der Waals surface area contributed by atoms with Crippen LogP contribution in [0.1, 0.15) is 28.2 Å². The van der Waals surface area contributed by atoms with Gasteiger partial charge in [-0.1, -0.05) is 6.07 Å². The van der Waals surface area contributed by atoms with Crippen molar-refractivity contribution in [3.8, 4) is 0 Å². The standard InChI is InChI=1S/C20H19F3N2O2S/c1-2-24(19(27)13-3-5-14(21)6-4-13)9-10-25-18(26)12-28-20(25)16-8-7-15(22)11-17(16)23/h3-8,11,20H,2,9-10,12H2,1H3. The lowest BCUT2D eigenvalue weighted by Crippen LogP contribution is -2.40. The van der Waals surface area contributed by atoms with Crippen LogP contribution in [0.25, 0.3) is 0 Å². The van der Waals surface area contributed by atoms with E-state index in [1.807, 2.05) is 0 Å². The van der Waals surface area contributed by atoms with E-state index in [0.717, 1.165) is 12.1 Å². The quantitative estimate of drug-likeness (QED) is 0.729. The summed E-state index contributed by atoms with van der Waals surface area (Å²) in [4.78, 5) is 27.9. The lowest BCUT2D eigenvalue weighted by molar-refractivity contribution is -0.128. The summed E-state index contributed by atoms with van der Waals surface area (Å²) < 4.78 is 40.4. The zero-order chi connectivity index (χ0) is 20.3. The summed E-state index contributed by atoms with van der Waals surface area (Å²) in [6.07, 6.45) is 0. The highest BCUT2D eigenvalue weighted by molar-refractivity contribution is 8.00. The van der Waals surface area contributed by atoms with Gasteiger partial charge < -0.3 is 9.80 Å². The molecule has 1 saturated heterocycles. The van der Waals surface area contributed by atoms with Gasteiger partial charge in [0.2, 0.25) is 5.91 Å². The third-order valence-corrected chi connectivity index (χ3v) is 5.81. The highest BCUT2D eigenvalue weighted by Gasteiger charge is 2.34. The number of halogens is 3. The Hall–Kier alpha value is -2.48. The van der Waals surface area contributed by atoms with Crippen molar-refractivity contribution < 1.29 is 22.8 Å². The molecule has 0 bridgehead atoms. The number of rotatable bonds is 6. The van der Waals surface area contributed by atoms with Crippen LogP contribution in [0.15, 0.2) is 42.5 Å². The Bertz CT molecular complexity index is 876. The Balaban J connectivity index is 1.72. The van der Waals surface area contributed by atoms with Crippen molar-refractivity contribution in [3.63, 3.8) is 0 Å². The van der Waals surface area contributed by atoms with E-state index in [1.165, 1.54) is 47.0 Å². The highest BCUT2D eigenvalue weighted by atomic mass is 32.2. The second-order valence-corrected chi connectivity index (χ2v) is 7.38. The first-order valence-electron chi connectivity index (χ1n) is 8.81. The molecule has 1 heterocycles. The van der Waals surface area contributed by atoms with Gasteiger partial charge in [0.05, 0.1) is 5.75 Å². The molecule has 0 aliphatic carbocycles. The molecule has 4 nitrogen and oxygen atoms in total. The number of nitrogens with zero attached hydrogens (tertiary/aromatic N) is 2. The molecule has 2 aromatic carbocycles. The molecule has 1 aliphatic rings. The van der Waals surface area contributed by atoms with E-state index in [0.29, 0.717) is 12.1 Å². The number of hydrogen-bond acceptors (Lipinski definition) is 3. The van der Waals surface area contributed by atoms with Crippen LogP contribution in [-0.4, -0.2) is 47.0 Å². The van der Waals surface area contributed by atoms with Gasteiger partial charge in [-0.25, -0.2) is 13.2 Å². The molecule has 1 unspecified atom stereocenters. The SMILES string of the molecule is CCN(CCN1C(=O)CSC1c1ccc(F)cc1F)C(=O)c1ccc(F)cc1. The van der Waals surface area contributed by atoms with Crippen molar-refractivity contribution in [1.82, 2.24) is 9.80 Å². The molecule has 0 saturated carbocycles. The van der Waals surface area contributed by atoms with Crippen molar-refractivity contribution in [1.29, 1.82) is 0 Å². The van der Waals surface area contributed by atoms with Gasteiger partial charge in [0, 0.05) is 36.8 Å². The predicted octanol–water partition coefficient (Wildman–Crippen LogP) is 3.84. The van der Waals surface area contributed by atoms with E-state index in [9.17, 15) is 22.8 Å². The molecule has 148 valence electrons. The minimum atomic E-state index is -0.702. The zero-order valence-corrected chi connectivity index (χ0v) is 16.0. The van der Waals surface area contributed by atoms with E-state index in [1.54, 1.807) is 11.8 Å². The normalized spacial score (nSPS) is 16.5. The summed E-state index contributed by atoms with van der Waals surface area (Å²) in [5.41, 5.74) is 0.594. The van der Waals surface area contributed by atoms with Crippen LogP contribution in [0, 0.1) is 17.5 Å².